The van der Waals surface area contributed by atoms with Crippen molar-refractivity contribution >= 4 is 5.65 Å². The number of rotatable bonds is 2. The Kier molecular flexibility index (Phi) is 2.52. The number of aromatic nitrogens is 3. The first-order chi connectivity index (χ1) is 10.6. The number of nitrogens with zero attached hydrogens (tertiary/aromatic N) is 3. The van der Waals surface area contributed by atoms with Gasteiger partial charge in [-0.25, -0.2) is 18.3 Å². The molecule has 0 N–H and O–H groups in total. The summed E-state index contributed by atoms with van der Waals surface area (Å²) in [5.74, 6) is 2.34. The second-order valence-electron chi connectivity index (χ2n) is 7.67. The van der Waals surface area contributed by atoms with Crippen LogP contribution in [0.15, 0.2) is 18.3 Å². The molecule has 4 bridgehead atoms. The van der Waals surface area contributed by atoms with Crippen LogP contribution in [0.3, 0.4) is 0 Å². The Bertz CT molecular complexity index is 701. The molecule has 0 atom stereocenters. The Morgan fingerprint density at radius 3 is 2.32 bits per heavy atom. The van der Waals surface area contributed by atoms with Gasteiger partial charge in [-0.05, 0) is 62.3 Å². The minimum Gasteiger partial charge on any atom is -0.233 e. The van der Waals surface area contributed by atoms with Crippen LogP contribution in [0.5, 0.6) is 0 Å². The molecule has 0 amide bonds. The van der Waals surface area contributed by atoms with Gasteiger partial charge < -0.3 is 0 Å². The summed E-state index contributed by atoms with van der Waals surface area (Å²) >= 11 is 0. The van der Waals surface area contributed by atoms with Gasteiger partial charge in [0.05, 0.1) is 11.9 Å². The standard InChI is InChI=1S/C17H19F2N3/c18-16(19)13-6-14(21-15-1-2-20-22(13)15)17-7-10-3-11(8-17)5-12(4-10)9-17/h1-2,6,10-12,16H,3-5,7-9H2. The monoisotopic (exact) mass is 303 g/mol. The van der Waals surface area contributed by atoms with E-state index in [0.29, 0.717) is 5.65 Å². The summed E-state index contributed by atoms with van der Waals surface area (Å²) in [4.78, 5) is 4.74. The molecule has 6 rings (SSSR count). The molecule has 0 unspecified atom stereocenters. The highest BCUT2D eigenvalue weighted by atomic mass is 19.3. The normalized spacial score (nSPS) is 36.6. The predicted octanol–water partition coefficient (Wildman–Crippen LogP) is 4.13. The van der Waals surface area contributed by atoms with Gasteiger partial charge in [-0.15, -0.1) is 0 Å². The molecule has 0 aromatic carbocycles. The third-order valence-electron chi connectivity index (χ3n) is 6.19. The first-order valence-electron chi connectivity index (χ1n) is 8.26. The van der Waals surface area contributed by atoms with Gasteiger partial charge >= 0.3 is 0 Å². The zero-order valence-electron chi connectivity index (χ0n) is 12.4. The fourth-order valence-corrected chi connectivity index (χ4v) is 5.79. The van der Waals surface area contributed by atoms with E-state index < -0.39 is 6.43 Å². The van der Waals surface area contributed by atoms with Gasteiger partial charge in [-0.2, -0.15) is 5.10 Å². The molecule has 4 aliphatic rings. The van der Waals surface area contributed by atoms with Crippen LogP contribution in [0.2, 0.25) is 0 Å². The van der Waals surface area contributed by atoms with Gasteiger partial charge in [0, 0.05) is 11.5 Å². The highest BCUT2D eigenvalue weighted by Gasteiger charge is 2.52. The zero-order chi connectivity index (χ0) is 14.9. The van der Waals surface area contributed by atoms with Crippen LogP contribution in [-0.4, -0.2) is 14.6 Å². The van der Waals surface area contributed by atoms with Gasteiger partial charge in [0.2, 0.25) is 0 Å². The first kappa shape index (κ1) is 13.0. The third kappa shape index (κ3) is 1.71. The van der Waals surface area contributed by atoms with Crippen molar-refractivity contribution in [2.45, 2.75) is 50.4 Å². The van der Waals surface area contributed by atoms with Gasteiger partial charge in [-0.1, -0.05) is 0 Å². The molecule has 116 valence electrons. The lowest BCUT2D eigenvalue weighted by molar-refractivity contribution is -0.00733. The summed E-state index contributed by atoms with van der Waals surface area (Å²) in [7, 11) is 0. The summed E-state index contributed by atoms with van der Waals surface area (Å²) in [5, 5.41) is 4.00. The molecule has 22 heavy (non-hydrogen) atoms. The van der Waals surface area contributed by atoms with Crippen molar-refractivity contribution in [2.75, 3.05) is 0 Å². The smallest absolute Gasteiger partial charge is 0.233 e. The van der Waals surface area contributed by atoms with E-state index in [0.717, 1.165) is 42.7 Å². The highest BCUT2D eigenvalue weighted by Crippen LogP contribution is 2.60. The molecule has 0 aliphatic heterocycles. The van der Waals surface area contributed by atoms with Crippen LogP contribution in [0, 0.1) is 17.8 Å². The molecule has 2 aromatic rings. The Morgan fingerprint density at radius 1 is 1.09 bits per heavy atom. The lowest BCUT2D eigenvalue weighted by Gasteiger charge is -2.56. The summed E-state index contributed by atoms with van der Waals surface area (Å²) in [6.07, 6.45) is 6.48. The van der Waals surface area contributed by atoms with E-state index in [9.17, 15) is 8.78 Å². The van der Waals surface area contributed by atoms with Crippen LogP contribution in [0.25, 0.3) is 5.65 Å². The molecule has 4 aliphatic carbocycles. The van der Waals surface area contributed by atoms with Crippen molar-refractivity contribution in [1.29, 1.82) is 0 Å². The van der Waals surface area contributed by atoms with E-state index in [2.05, 4.69) is 5.10 Å². The molecule has 0 radical (unpaired) electrons. The number of fused-ring (bicyclic) bond motifs is 1. The average Bonchev–Trinajstić information content (AvgIpc) is 2.92. The lowest BCUT2D eigenvalue weighted by Crippen LogP contribution is -2.49. The van der Waals surface area contributed by atoms with Crippen molar-refractivity contribution in [3.05, 3.63) is 29.7 Å². The molecule has 2 aromatic heterocycles. The first-order valence-corrected chi connectivity index (χ1v) is 8.26. The van der Waals surface area contributed by atoms with Crippen molar-refractivity contribution < 1.29 is 8.78 Å². The maximum Gasteiger partial charge on any atom is 0.280 e. The Hall–Kier alpha value is -1.52. The number of hydrogen-bond acceptors (Lipinski definition) is 2. The van der Waals surface area contributed by atoms with Crippen molar-refractivity contribution in [3.63, 3.8) is 0 Å². The van der Waals surface area contributed by atoms with E-state index in [1.807, 2.05) is 0 Å². The van der Waals surface area contributed by atoms with E-state index in [1.54, 1.807) is 18.3 Å². The molecule has 0 spiro atoms. The second kappa shape index (κ2) is 4.27. The lowest BCUT2D eigenvalue weighted by atomic mass is 9.49. The van der Waals surface area contributed by atoms with Gasteiger partial charge in [0.25, 0.3) is 6.43 Å². The van der Waals surface area contributed by atoms with Gasteiger partial charge in [0.15, 0.2) is 5.65 Å². The minimum atomic E-state index is -2.52. The summed E-state index contributed by atoms with van der Waals surface area (Å²) in [6.45, 7) is 0. The van der Waals surface area contributed by atoms with Crippen LogP contribution in [-0.2, 0) is 5.41 Å². The molecule has 4 fully saturated rings. The SMILES string of the molecule is FC(F)c1cc(C23CC4CC(CC(C4)C2)C3)nc2ccnn12. The highest BCUT2D eigenvalue weighted by molar-refractivity contribution is 5.41. The largest absolute Gasteiger partial charge is 0.280 e. The Balaban J connectivity index is 1.67. The minimum absolute atomic E-state index is 0.0132. The molecule has 4 saturated carbocycles. The van der Waals surface area contributed by atoms with Gasteiger partial charge in [-0.3, -0.25) is 0 Å². The van der Waals surface area contributed by atoms with Crippen LogP contribution < -0.4 is 0 Å². The molecular formula is C17H19F2N3. The van der Waals surface area contributed by atoms with Crippen molar-refractivity contribution in [1.82, 2.24) is 14.6 Å². The number of hydrogen-bond donors (Lipinski definition) is 0. The van der Waals surface area contributed by atoms with Crippen molar-refractivity contribution in [2.24, 2.45) is 17.8 Å². The topological polar surface area (TPSA) is 30.2 Å². The van der Waals surface area contributed by atoms with E-state index in [4.69, 9.17) is 4.98 Å². The molecule has 0 saturated heterocycles. The van der Waals surface area contributed by atoms with E-state index in [1.165, 1.54) is 23.8 Å². The van der Waals surface area contributed by atoms with Gasteiger partial charge in [0.1, 0.15) is 5.69 Å². The fourth-order valence-electron chi connectivity index (χ4n) is 5.79. The quantitative estimate of drug-likeness (QED) is 0.835. The zero-order valence-corrected chi connectivity index (χ0v) is 12.4. The molecular weight excluding hydrogens is 284 g/mol. The van der Waals surface area contributed by atoms with E-state index >= 15 is 0 Å². The maximum absolute atomic E-state index is 13.4. The Morgan fingerprint density at radius 2 is 1.73 bits per heavy atom. The Labute approximate surface area is 127 Å². The predicted molar refractivity (Wildman–Crippen MR) is 77.8 cm³/mol. The van der Waals surface area contributed by atoms with Crippen LogP contribution in [0.4, 0.5) is 8.78 Å². The summed E-state index contributed by atoms with van der Waals surface area (Å²) in [6, 6.07) is 3.37. The summed E-state index contributed by atoms with van der Waals surface area (Å²) < 4.78 is 28.2. The molecule has 3 nitrogen and oxygen atoms in total. The van der Waals surface area contributed by atoms with Crippen LogP contribution >= 0.6 is 0 Å². The second-order valence-corrected chi connectivity index (χ2v) is 7.67. The molecule has 5 heteroatoms. The number of alkyl halides is 2. The summed E-state index contributed by atoms with van der Waals surface area (Å²) in [5.41, 5.74) is 1.49. The molecule has 2 heterocycles. The van der Waals surface area contributed by atoms with Crippen molar-refractivity contribution in [3.8, 4) is 0 Å². The maximum atomic E-state index is 13.4. The average molecular weight is 303 g/mol. The number of halogens is 2. The van der Waals surface area contributed by atoms with E-state index in [-0.39, 0.29) is 11.1 Å². The fraction of sp³-hybridized carbons (Fsp3) is 0.647. The third-order valence-corrected chi connectivity index (χ3v) is 6.19. The van der Waals surface area contributed by atoms with Crippen LogP contribution in [0.1, 0.15) is 56.3 Å².